The molecule has 1 fully saturated rings. The topological polar surface area (TPSA) is 43.8 Å². The van der Waals surface area contributed by atoms with Gasteiger partial charge in [0.15, 0.2) is 0 Å². The summed E-state index contributed by atoms with van der Waals surface area (Å²) in [6.07, 6.45) is 10.6. The third kappa shape index (κ3) is 3.88. The second-order valence-electron chi connectivity index (χ2n) is 7.80. The lowest BCUT2D eigenvalue weighted by Crippen LogP contribution is -2.39. The van der Waals surface area contributed by atoms with Crippen LogP contribution in [-0.2, 0) is 6.42 Å². The molecular weight excluding hydrogens is 258 g/mol. The van der Waals surface area contributed by atoms with Crippen molar-refractivity contribution in [1.29, 1.82) is 0 Å². The normalized spacial score (nSPS) is 20.9. The number of rotatable bonds is 6. The van der Waals surface area contributed by atoms with Gasteiger partial charge >= 0.3 is 0 Å². The first-order chi connectivity index (χ1) is 9.93. The third-order valence-corrected chi connectivity index (χ3v) is 5.63. The number of hydrogen-bond acceptors (Lipinski definition) is 2. The Kier molecular flexibility index (Phi) is 5.13. The highest BCUT2D eigenvalue weighted by molar-refractivity contribution is 5.06. The minimum absolute atomic E-state index is 0.280. The highest BCUT2D eigenvalue weighted by Gasteiger charge is 2.37. The lowest BCUT2D eigenvalue weighted by molar-refractivity contribution is 0.107. The van der Waals surface area contributed by atoms with E-state index < -0.39 is 0 Å². The molecule has 0 aromatic carbocycles. The molecular formula is C18H33N3. The molecule has 0 aliphatic heterocycles. The van der Waals surface area contributed by atoms with Crippen LogP contribution < -0.4 is 5.73 Å². The van der Waals surface area contributed by atoms with E-state index >= 15 is 0 Å². The number of nitrogens with two attached hydrogens (primary N) is 1. The zero-order valence-corrected chi connectivity index (χ0v) is 14.4. The summed E-state index contributed by atoms with van der Waals surface area (Å²) in [6.45, 7) is 10.0. The van der Waals surface area contributed by atoms with Crippen LogP contribution in [0.25, 0.3) is 0 Å². The highest BCUT2D eigenvalue weighted by Crippen LogP contribution is 2.46. The van der Waals surface area contributed by atoms with Crippen molar-refractivity contribution in [2.75, 3.05) is 6.54 Å². The molecule has 1 aromatic rings. The van der Waals surface area contributed by atoms with Crippen molar-refractivity contribution in [2.24, 2.45) is 16.6 Å². The molecule has 21 heavy (non-hydrogen) atoms. The van der Waals surface area contributed by atoms with Crippen LogP contribution in [0.4, 0.5) is 0 Å². The number of aromatic nitrogens is 2. The Morgan fingerprint density at radius 2 is 1.81 bits per heavy atom. The van der Waals surface area contributed by atoms with Gasteiger partial charge in [0, 0.05) is 6.20 Å². The Labute approximate surface area is 130 Å². The van der Waals surface area contributed by atoms with Gasteiger partial charge in [0.2, 0.25) is 0 Å². The summed E-state index contributed by atoms with van der Waals surface area (Å²) in [7, 11) is 0. The molecule has 0 atom stereocenters. The zero-order valence-electron chi connectivity index (χ0n) is 14.4. The van der Waals surface area contributed by atoms with Crippen molar-refractivity contribution in [3.8, 4) is 0 Å². The van der Waals surface area contributed by atoms with Crippen LogP contribution in [0, 0.1) is 10.8 Å². The van der Waals surface area contributed by atoms with E-state index in [1.807, 2.05) is 0 Å². The van der Waals surface area contributed by atoms with E-state index in [9.17, 15) is 0 Å². The maximum absolute atomic E-state index is 6.16. The molecule has 0 saturated heterocycles. The Hall–Kier alpha value is -0.830. The van der Waals surface area contributed by atoms with Crippen molar-refractivity contribution in [2.45, 2.75) is 78.7 Å². The first kappa shape index (κ1) is 16.5. The van der Waals surface area contributed by atoms with Crippen molar-refractivity contribution >= 4 is 0 Å². The molecule has 1 heterocycles. The lowest BCUT2D eigenvalue weighted by Gasteiger charge is -2.43. The zero-order chi connectivity index (χ0) is 15.5. The summed E-state index contributed by atoms with van der Waals surface area (Å²) < 4.78 is 2.16. The Morgan fingerprint density at radius 1 is 1.19 bits per heavy atom. The number of nitrogens with zero attached hydrogens (tertiary/aromatic N) is 2. The fourth-order valence-corrected chi connectivity index (χ4v) is 3.63. The first-order valence-corrected chi connectivity index (χ1v) is 8.68. The fraction of sp³-hybridized carbons (Fsp3) is 0.833. The quantitative estimate of drug-likeness (QED) is 0.847. The predicted octanol–water partition coefficient (Wildman–Crippen LogP) is 4.33. The summed E-state index contributed by atoms with van der Waals surface area (Å²) in [4.78, 5) is 0. The SMILES string of the molecule is CCC(CC)n1ccc(CC2(CN)CCC(C)(C)CC2)n1. The molecule has 0 unspecified atom stereocenters. The van der Waals surface area contributed by atoms with Crippen LogP contribution in [0.2, 0.25) is 0 Å². The van der Waals surface area contributed by atoms with Gasteiger partial charge in [0.1, 0.15) is 0 Å². The number of hydrogen-bond donors (Lipinski definition) is 1. The summed E-state index contributed by atoms with van der Waals surface area (Å²) in [5.74, 6) is 0. The van der Waals surface area contributed by atoms with E-state index in [0.29, 0.717) is 11.5 Å². The highest BCUT2D eigenvalue weighted by atomic mass is 15.3. The van der Waals surface area contributed by atoms with Crippen molar-refractivity contribution < 1.29 is 0 Å². The Morgan fingerprint density at radius 3 is 2.33 bits per heavy atom. The van der Waals surface area contributed by atoms with Gasteiger partial charge in [0.25, 0.3) is 0 Å². The molecule has 3 heteroatoms. The van der Waals surface area contributed by atoms with Crippen LogP contribution in [0.1, 0.15) is 78.0 Å². The standard InChI is InChI=1S/C18H33N3/c1-5-16(6-2)21-12-7-15(20-21)13-18(14-19)10-8-17(3,4)9-11-18/h7,12,16H,5-6,8-11,13-14,19H2,1-4H3. The van der Waals surface area contributed by atoms with Gasteiger partial charge in [-0.2, -0.15) is 5.10 Å². The smallest absolute Gasteiger partial charge is 0.0630 e. The molecule has 2 N–H and O–H groups in total. The monoisotopic (exact) mass is 291 g/mol. The van der Waals surface area contributed by atoms with E-state index in [1.54, 1.807) is 0 Å². The molecule has 0 spiro atoms. The van der Waals surface area contributed by atoms with Crippen molar-refractivity contribution in [1.82, 2.24) is 9.78 Å². The minimum atomic E-state index is 0.280. The minimum Gasteiger partial charge on any atom is -0.330 e. The van der Waals surface area contributed by atoms with Crippen LogP contribution in [0.5, 0.6) is 0 Å². The van der Waals surface area contributed by atoms with Gasteiger partial charge in [0.05, 0.1) is 11.7 Å². The van der Waals surface area contributed by atoms with Gasteiger partial charge in [-0.1, -0.05) is 27.7 Å². The average molecular weight is 291 g/mol. The molecule has 0 radical (unpaired) electrons. The van der Waals surface area contributed by atoms with Gasteiger partial charge in [-0.3, -0.25) is 4.68 Å². The van der Waals surface area contributed by atoms with Gasteiger partial charge in [-0.15, -0.1) is 0 Å². The van der Waals surface area contributed by atoms with Crippen molar-refractivity contribution in [3.63, 3.8) is 0 Å². The van der Waals surface area contributed by atoms with E-state index in [-0.39, 0.29) is 5.41 Å². The summed E-state index contributed by atoms with van der Waals surface area (Å²) in [5.41, 5.74) is 8.16. The van der Waals surface area contributed by atoms with E-state index in [0.717, 1.165) is 25.8 Å². The fourth-order valence-electron chi connectivity index (χ4n) is 3.63. The molecule has 3 nitrogen and oxygen atoms in total. The second kappa shape index (κ2) is 6.51. The Balaban J connectivity index is 2.06. The molecule has 120 valence electrons. The molecule has 1 aromatic heterocycles. The van der Waals surface area contributed by atoms with Gasteiger partial charge in [-0.25, -0.2) is 0 Å². The lowest BCUT2D eigenvalue weighted by atomic mass is 9.63. The maximum Gasteiger partial charge on any atom is 0.0630 e. The maximum atomic E-state index is 6.16. The second-order valence-corrected chi connectivity index (χ2v) is 7.80. The van der Waals surface area contributed by atoms with Crippen LogP contribution in [0.15, 0.2) is 12.3 Å². The summed E-state index contributed by atoms with van der Waals surface area (Å²) in [5, 5.41) is 4.84. The predicted molar refractivity (Wildman–Crippen MR) is 89.3 cm³/mol. The Bertz CT molecular complexity index is 433. The van der Waals surface area contributed by atoms with E-state index in [4.69, 9.17) is 10.8 Å². The molecule has 0 bridgehead atoms. The molecule has 0 amide bonds. The van der Waals surface area contributed by atoms with Crippen LogP contribution in [0.3, 0.4) is 0 Å². The van der Waals surface area contributed by atoms with Crippen LogP contribution in [-0.4, -0.2) is 16.3 Å². The molecule has 1 aliphatic rings. The molecule has 1 aliphatic carbocycles. The first-order valence-electron chi connectivity index (χ1n) is 8.68. The van der Waals surface area contributed by atoms with Gasteiger partial charge in [-0.05, 0) is 68.4 Å². The van der Waals surface area contributed by atoms with Gasteiger partial charge < -0.3 is 5.73 Å². The summed E-state index contributed by atoms with van der Waals surface area (Å²) in [6, 6.07) is 2.74. The average Bonchev–Trinajstić information content (AvgIpc) is 2.91. The van der Waals surface area contributed by atoms with Crippen molar-refractivity contribution in [3.05, 3.63) is 18.0 Å². The largest absolute Gasteiger partial charge is 0.330 e. The van der Waals surface area contributed by atoms with E-state index in [2.05, 4.69) is 44.6 Å². The van der Waals surface area contributed by atoms with Crippen LogP contribution >= 0.6 is 0 Å². The molecule has 2 rings (SSSR count). The summed E-state index contributed by atoms with van der Waals surface area (Å²) >= 11 is 0. The molecule has 1 saturated carbocycles. The third-order valence-electron chi connectivity index (χ3n) is 5.63. The van der Waals surface area contributed by atoms with E-state index in [1.165, 1.54) is 31.4 Å².